The number of nitrogens with two attached hydrogens (primary N) is 1. The van der Waals surface area contributed by atoms with E-state index in [1.807, 2.05) is 20.8 Å². The van der Waals surface area contributed by atoms with Gasteiger partial charge in [0.05, 0.1) is 6.54 Å². The highest BCUT2D eigenvalue weighted by atomic mass is 16.6. The van der Waals surface area contributed by atoms with Crippen LogP contribution in [0.15, 0.2) is 0 Å². The highest BCUT2D eigenvalue weighted by Gasteiger charge is 2.14. The van der Waals surface area contributed by atoms with Crippen molar-refractivity contribution >= 4 is 11.9 Å². The topological polar surface area (TPSA) is 78.6 Å². The van der Waals surface area contributed by atoms with E-state index in [1.54, 1.807) is 27.7 Å². The maximum Gasteiger partial charge on any atom is 0.320 e. The Kier molecular flexibility index (Phi) is 8.64. The van der Waals surface area contributed by atoms with E-state index in [4.69, 9.17) is 15.2 Å². The van der Waals surface area contributed by atoms with Gasteiger partial charge in [-0.3, -0.25) is 9.59 Å². The molecule has 0 aliphatic carbocycles. The van der Waals surface area contributed by atoms with Crippen LogP contribution in [0.3, 0.4) is 0 Å². The third kappa shape index (κ3) is 17.3. The van der Waals surface area contributed by atoms with E-state index in [2.05, 4.69) is 0 Å². The van der Waals surface area contributed by atoms with Crippen molar-refractivity contribution in [2.75, 3.05) is 6.54 Å². The number of ether oxygens (including phenoxy) is 2. The highest BCUT2D eigenvalue weighted by molar-refractivity contribution is 5.71. The van der Waals surface area contributed by atoms with Gasteiger partial charge in [0, 0.05) is 6.42 Å². The second-order valence-electron chi connectivity index (χ2n) is 5.73. The van der Waals surface area contributed by atoms with Crippen molar-refractivity contribution in [2.45, 2.75) is 66.1 Å². The Morgan fingerprint density at radius 2 is 1.22 bits per heavy atom. The zero-order valence-electron chi connectivity index (χ0n) is 12.6. The summed E-state index contributed by atoms with van der Waals surface area (Å²) in [5.74, 6) is -0.495. The quantitative estimate of drug-likeness (QED) is 0.769. The molecule has 0 aromatic rings. The summed E-state index contributed by atoms with van der Waals surface area (Å²) in [7, 11) is 0. The zero-order chi connectivity index (χ0) is 15.0. The maximum atomic E-state index is 10.6. The number of hydrogen-bond acceptors (Lipinski definition) is 5. The standard InChI is InChI=1S/C7H14O2.C6H13NO2/c1-5-6(8)9-7(2,3)4;1-6(2,3)9-5(8)4-7/h5H2,1-4H3;4,7H2,1-3H3. The number of esters is 2. The second-order valence-corrected chi connectivity index (χ2v) is 5.73. The maximum absolute atomic E-state index is 10.6. The average Bonchev–Trinajstić information content (AvgIpc) is 2.13. The third-order valence-corrected chi connectivity index (χ3v) is 1.30. The van der Waals surface area contributed by atoms with Crippen LogP contribution in [0.2, 0.25) is 0 Å². The lowest BCUT2D eigenvalue weighted by Crippen LogP contribution is -2.28. The van der Waals surface area contributed by atoms with Crippen LogP contribution in [-0.4, -0.2) is 29.7 Å². The Bertz CT molecular complexity index is 233. The van der Waals surface area contributed by atoms with Crippen LogP contribution in [0.25, 0.3) is 0 Å². The first kappa shape index (κ1) is 19.2. The normalized spacial score (nSPS) is 11.1. The summed E-state index contributed by atoms with van der Waals surface area (Å²) in [6.45, 7) is 12.7. The summed E-state index contributed by atoms with van der Waals surface area (Å²) in [6.07, 6.45) is 0.456. The second kappa shape index (κ2) is 8.08. The summed E-state index contributed by atoms with van der Waals surface area (Å²) < 4.78 is 9.77. The monoisotopic (exact) mass is 261 g/mol. The van der Waals surface area contributed by atoms with Gasteiger partial charge in [0.25, 0.3) is 0 Å². The van der Waals surface area contributed by atoms with E-state index in [0.717, 1.165) is 0 Å². The number of hydrogen-bond donors (Lipinski definition) is 1. The molecular formula is C13H27NO4. The number of carbonyl (C=O) groups is 2. The number of carbonyl (C=O) groups excluding carboxylic acids is 2. The van der Waals surface area contributed by atoms with Gasteiger partial charge >= 0.3 is 11.9 Å². The molecule has 0 aliphatic rings. The SMILES string of the molecule is CC(C)(C)OC(=O)CN.CCC(=O)OC(C)(C)C. The van der Waals surface area contributed by atoms with Gasteiger partial charge < -0.3 is 15.2 Å². The van der Waals surface area contributed by atoms with Crippen molar-refractivity contribution in [2.24, 2.45) is 5.73 Å². The summed E-state index contributed by atoms with van der Waals surface area (Å²) in [5.41, 5.74) is 4.27. The fourth-order valence-corrected chi connectivity index (χ4v) is 0.797. The minimum atomic E-state index is -0.406. The molecule has 108 valence electrons. The summed E-state index contributed by atoms with van der Waals surface area (Å²) >= 11 is 0. The van der Waals surface area contributed by atoms with Crippen molar-refractivity contribution in [1.29, 1.82) is 0 Å². The van der Waals surface area contributed by atoms with Gasteiger partial charge in [0.2, 0.25) is 0 Å². The summed E-state index contributed by atoms with van der Waals surface area (Å²) in [6, 6.07) is 0. The van der Waals surface area contributed by atoms with Gasteiger partial charge in [0.15, 0.2) is 0 Å². The van der Waals surface area contributed by atoms with Gasteiger partial charge in [-0.1, -0.05) is 6.92 Å². The zero-order valence-corrected chi connectivity index (χ0v) is 12.6. The molecule has 0 radical (unpaired) electrons. The van der Waals surface area contributed by atoms with Crippen molar-refractivity contribution in [3.8, 4) is 0 Å². The molecule has 0 rings (SSSR count). The lowest BCUT2D eigenvalue weighted by molar-refractivity contribution is -0.155. The molecule has 5 nitrogen and oxygen atoms in total. The molecule has 0 aromatic carbocycles. The predicted molar refractivity (Wildman–Crippen MR) is 71.0 cm³/mol. The number of rotatable bonds is 2. The molecule has 0 saturated heterocycles. The lowest BCUT2D eigenvalue weighted by Gasteiger charge is -2.18. The lowest BCUT2D eigenvalue weighted by atomic mass is 10.2. The highest BCUT2D eigenvalue weighted by Crippen LogP contribution is 2.07. The van der Waals surface area contributed by atoms with E-state index < -0.39 is 5.60 Å². The van der Waals surface area contributed by atoms with Gasteiger partial charge in [-0.25, -0.2) is 0 Å². The smallest absolute Gasteiger partial charge is 0.320 e. The first-order valence-electron chi connectivity index (χ1n) is 6.05. The Morgan fingerprint density at radius 3 is 1.33 bits per heavy atom. The predicted octanol–water partition coefficient (Wildman–Crippen LogP) is 2.02. The van der Waals surface area contributed by atoms with Gasteiger partial charge in [-0.05, 0) is 41.5 Å². The van der Waals surface area contributed by atoms with Gasteiger partial charge in [-0.2, -0.15) is 0 Å². The van der Waals surface area contributed by atoms with Crippen molar-refractivity contribution < 1.29 is 19.1 Å². The molecule has 0 atom stereocenters. The molecule has 0 fully saturated rings. The molecule has 0 heterocycles. The molecule has 0 bridgehead atoms. The first-order chi connectivity index (χ1) is 7.91. The van der Waals surface area contributed by atoms with Crippen LogP contribution in [0.1, 0.15) is 54.9 Å². The molecule has 0 aliphatic heterocycles. The molecule has 0 saturated carbocycles. The van der Waals surface area contributed by atoms with E-state index in [1.165, 1.54) is 0 Å². The van der Waals surface area contributed by atoms with Crippen molar-refractivity contribution in [1.82, 2.24) is 0 Å². The van der Waals surface area contributed by atoms with Crippen LogP contribution in [0, 0.1) is 0 Å². The van der Waals surface area contributed by atoms with E-state index in [9.17, 15) is 9.59 Å². The summed E-state index contributed by atoms with van der Waals surface area (Å²) in [4.78, 5) is 21.1. The van der Waals surface area contributed by atoms with Crippen LogP contribution >= 0.6 is 0 Å². The van der Waals surface area contributed by atoms with Crippen LogP contribution < -0.4 is 5.73 Å². The average molecular weight is 261 g/mol. The summed E-state index contributed by atoms with van der Waals surface area (Å²) in [5, 5.41) is 0. The van der Waals surface area contributed by atoms with E-state index in [0.29, 0.717) is 6.42 Å². The Morgan fingerprint density at radius 1 is 0.889 bits per heavy atom. The molecule has 0 amide bonds. The third-order valence-electron chi connectivity index (χ3n) is 1.30. The van der Waals surface area contributed by atoms with Crippen molar-refractivity contribution in [3.63, 3.8) is 0 Å². The van der Waals surface area contributed by atoms with Crippen LogP contribution in [-0.2, 0) is 19.1 Å². The minimum Gasteiger partial charge on any atom is -0.460 e. The fraction of sp³-hybridized carbons (Fsp3) is 0.846. The van der Waals surface area contributed by atoms with Gasteiger partial charge in [-0.15, -0.1) is 0 Å². The fourth-order valence-electron chi connectivity index (χ4n) is 0.797. The molecule has 0 unspecified atom stereocenters. The van der Waals surface area contributed by atoms with Crippen LogP contribution in [0.5, 0.6) is 0 Å². The molecule has 18 heavy (non-hydrogen) atoms. The van der Waals surface area contributed by atoms with E-state index >= 15 is 0 Å². The first-order valence-corrected chi connectivity index (χ1v) is 6.05. The van der Waals surface area contributed by atoms with Crippen LogP contribution in [0.4, 0.5) is 0 Å². The molecule has 5 heteroatoms. The Balaban J connectivity index is 0. The molecule has 2 N–H and O–H groups in total. The van der Waals surface area contributed by atoms with Crippen molar-refractivity contribution in [3.05, 3.63) is 0 Å². The van der Waals surface area contributed by atoms with E-state index in [-0.39, 0.29) is 24.1 Å². The minimum absolute atomic E-state index is 0.0444. The molecule has 0 aromatic heterocycles. The molecule has 0 spiro atoms. The van der Waals surface area contributed by atoms with Gasteiger partial charge in [0.1, 0.15) is 11.2 Å². The Labute approximate surface area is 110 Å². The molecular weight excluding hydrogens is 234 g/mol. The Hall–Kier alpha value is -1.10. The largest absolute Gasteiger partial charge is 0.460 e.